The van der Waals surface area contributed by atoms with Crippen molar-refractivity contribution in [3.8, 4) is 5.75 Å². The Hall–Kier alpha value is -0.730. The molecule has 1 aromatic carbocycles. The fourth-order valence-corrected chi connectivity index (χ4v) is 2.75. The molecule has 0 aliphatic carbocycles. The van der Waals surface area contributed by atoms with Crippen molar-refractivity contribution in [1.29, 1.82) is 0 Å². The molecule has 2 rings (SSSR count). The second kappa shape index (κ2) is 5.74. The average Bonchev–Trinajstić information content (AvgIpc) is 2.36. The van der Waals surface area contributed by atoms with Gasteiger partial charge in [0.1, 0.15) is 5.75 Å². The summed E-state index contributed by atoms with van der Waals surface area (Å²) in [4.78, 5) is 0. The number of piperidine rings is 1. The molecule has 2 nitrogen and oxygen atoms in total. The van der Waals surface area contributed by atoms with E-state index >= 15 is 0 Å². The van der Waals surface area contributed by atoms with Crippen LogP contribution in [0.3, 0.4) is 0 Å². The monoisotopic (exact) mass is 253 g/mol. The van der Waals surface area contributed by atoms with Gasteiger partial charge in [0.25, 0.3) is 0 Å². The van der Waals surface area contributed by atoms with Crippen molar-refractivity contribution in [2.45, 2.75) is 32.6 Å². The van der Waals surface area contributed by atoms with Crippen LogP contribution in [0.5, 0.6) is 5.75 Å². The first-order chi connectivity index (χ1) is 8.20. The van der Waals surface area contributed by atoms with Gasteiger partial charge in [0.15, 0.2) is 0 Å². The number of rotatable bonds is 3. The second-order valence-electron chi connectivity index (χ2n) is 4.86. The first-order valence-electron chi connectivity index (χ1n) is 6.41. The van der Waals surface area contributed by atoms with Crippen LogP contribution in [0.2, 0.25) is 5.02 Å². The van der Waals surface area contributed by atoms with E-state index in [-0.39, 0.29) is 5.75 Å². The van der Waals surface area contributed by atoms with Crippen LogP contribution in [0.1, 0.15) is 30.9 Å². The van der Waals surface area contributed by atoms with Gasteiger partial charge >= 0.3 is 0 Å². The molecule has 0 spiro atoms. The number of aryl methyl sites for hydroxylation is 1. The summed E-state index contributed by atoms with van der Waals surface area (Å²) < 4.78 is 0. The molecule has 2 N–H and O–H groups in total. The van der Waals surface area contributed by atoms with Gasteiger partial charge in [-0.05, 0) is 61.9 Å². The Morgan fingerprint density at radius 1 is 1.47 bits per heavy atom. The van der Waals surface area contributed by atoms with E-state index in [9.17, 15) is 5.11 Å². The molecule has 17 heavy (non-hydrogen) atoms. The quantitative estimate of drug-likeness (QED) is 0.867. The number of hydrogen-bond acceptors (Lipinski definition) is 2. The third-order valence-electron chi connectivity index (χ3n) is 3.52. The second-order valence-corrected chi connectivity index (χ2v) is 5.26. The molecule has 1 saturated heterocycles. The number of aromatic hydroxyl groups is 1. The standard InChI is InChI=1S/C14H20ClNO/c1-2-10-6-12(14(17)13(15)8-10)7-11-4-3-5-16-9-11/h6,8,11,16-17H,2-5,7,9H2,1H3. The molecular formula is C14H20ClNO. The molecule has 1 heterocycles. The van der Waals surface area contributed by atoms with Gasteiger partial charge in [0.05, 0.1) is 5.02 Å². The smallest absolute Gasteiger partial charge is 0.137 e. The van der Waals surface area contributed by atoms with Gasteiger partial charge in [0.2, 0.25) is 0 Å². The Balaban J connectivity index is 2.15. The lowest BCUT2D eigenvalue weighted by Gasteiger charge is -2.23. The Labute approximate surface area is 108 Å². The molecule has 1 unspecified atom stereocenters. The molecular weight excluding hydrogens is 234 g/mol. The molecule has 0 saturated carbocycles. The lowest BCUT2D eigenvalue weighted by molar-refractivity contribution is 0.369. The van der Waals surface area contributed by atoms with Crippen LogP contribution >= 0.6 is 11.6 Å². The molecule has 0 bridgehead atoms. The van der Waals surface area contributed by atoms with Gasteiger partial charge in [-0.15, -0.1) is 0 Å². The molecule has 1 aliphatic heterocycles. The van der Waals surface area contributed by atoms with Gasteiger partial charge in [-0.1, -0.05) is 24.6 Å². The highest BCUT2D eigenvalue weighted by atomic mass is 35.5. The largest absolute Gasteiger partial charge is 0.506 e. The number of benzene rings is 1. The van der Waals surface area contributed by atoms with Gasteiger partial charge in [-0.2, -0.15) is 0 Å². The lowest BCUT2D eigenvalue weighted by atomic mass is 9.91. The van der Waals surface area contributed by atoms with Crippen LogP contribution in [0, 0.1) is 5.92 Å². The SMILES string of the molecule is CCc1cc(Cl)c(O)c(CC2CCCNC2)c1. The number of hydrogen-bond donors (Lipinski definition) is 2. The van der Waals surface area contributed by atoms with Crippen molar-refractivity contribution < 1.29 is 5.11 Å². The zero-order chi connectivity index (χ0) is 12.3. The molecule has 0 radical (unpaired) electrons. The topological polar surface area (TPSA) is 32.3 Å². The minimum absolute atomic E-state index is 0.273. The van der Waals surface area contributed by atoms with Crippen molar-refractivity contribution in [2.75, 3.05) is 13.1 Å². The minimum Gasteiger partial charge on any atom is -0.506 e. The molecule has 1 aliphatic rings. The summed E-state index contributed by atoms with van der Waals surface area (Å²) in [6, 6.07) is 3.95. The molecule has 1 aromatic rings. The summed E-state index contributed by atoms with van der Waals surface area (Å²) in [5.74, 6) is 0.896. The van der Waals surface area contributed by atoms with E-state index in [2.05, 4.69) is 18.3 Å². The van der Waals surface area contributed by atoms with E-state index in [1.165, 1.54) is 18.4 Å². The van der Waals surface area contributed by atoms with Gasteiger partial charge < -0.3 is 10.4 Å². The van der Waals surface area contributed by atoms with Crippen LogP contribution in [-0.4, -0.2) is 18.2 Å². The van der Waals surface area contributed by atoms with Crippen molar-refractivity contribution in [3.05, 3.63) is 28.3 Å². The van der Waals surface area contributed by atoms with Gasteiger partial charge in [0, 0.05) is 0 Å². The zero-order valence-electron chi connectivity index (χ0n) is 10.3. The summed E-state index contributed by atoms with van der Waals surface area (Å²) in [6.07, 6.45) is 4.34. The van der Waals surface area contributed by atoms with Crippen molar-refractivity contribution >= 4 is 11.6 Å². The summed E-state index contributed by atoms with van der Waals surface area (Å²) in [7, 11) is 0. The van der Waals surface area contributed by atoms with E-state index in [1.807, 2.05) is 6.07 Å². The Bertz CT molecular complexity index is 386. The normalized spacial score (nSPS) is 20.5. The number of phenols is 1. The Morgan fingerprint density at radius 3 is 2.94 bits per heavy atom. The maximum absolute atomic E-state index is 10.00. The van der Waals surface area contributed by atoms with Gasteiger partial charge in [-0.3, -0.25) is 0 Å². The average molecular weight is 254 g/mol. The van der Waals surface area contributed by atoms with Crippen LogP contribution in [0.4, 0.5) is 0 Å². The van der Waals surface area contributed by atoms with Gasteiger partial charge in [-0.25, -0.2) is 0 Å². The highest BCUT2D eigenvalue weighted by Crippen LogP contribution is 2.32. The van der Waals surface area contributed by atoms with E-state index in [1.54, 1.807) is 0 Å². The maximum atomic E-state index is 10.00. The molecule has 94 valence electrons. The van der Waals surface area contributed by atoms with Crippen molar-refractivity contribution in [3.63, 3.8) is 0 Å². The molecule has 0 amide bonds. The van der Waals surface area contributed by atoms with Crippen LogP contribution in [-0.2, 0) is 12.8 Å². The van der Waals surface area contributed by atoms with E-state index in [0.717, 1.165) is 31.5 Å². The fourth-order valence-electron chi connectivity index (χ4n) is 2.49. The third-order valence-corrected chi connectivity index (χ3v) is 3.81. The van der Waals surface area contributed by atoms with Crippen molar-refractivity contribution in [1.82, 2.24) is 5.32 Å². The highest BCUT2D eigenvalue weighted by Gasteiger charge is 2.16. The van der Waals surface area contributed by atoms with Crippen LogP contribution < -0.4 is 5.32 Å². The minimum atomic E-state index is 0.273. The number of halogens is 1. The Kier molecular flexibility index (Phi) is 4.30. The predicted octanol–water partition coefficient (Wildman–Crippen LogP) is 3.15. The third kappa shape index (κ3) is 3.14. The first-order valence-corrected chi connectivity index (χ1v) is 6.79. The summed E-state index contributed by atoms with van der Waals surface area (Å²) in [5, 5.41) is 13.9. The predicted molar refractivity (Wildman–Crippen MR) is 71.8 cm³/mol. The van der Waals surface area contributed by atoms with Crippen molar-refractivity contribution in [2.24, 2.45) is 5.92 Å². The number of phenolic OH excluding ortho intramolecular Hbond substituents is 1. The van der Waals surface area contributed by atoms with Crippen LogP contribution in [0.15, 0.2) is 12.1 Å². The Morgan fingerprint density at radius 2 is 2.29 bits per heavy atom. The summed E-state index contributed by atoms with van der Waals surface area (Å²) in [6.45, 7) is 4.28. The van der Waals surface area contributed by atoms with E-state index < -0.39 is 0 Å². The van der Waals surface area contributed by atoms with Crippen LogP contribution in [0.25, 0.3) is 0 Å². The first kappa shape index (κ1) is 12.7. The lowest BCUT2D eigenvalue weighted by Crippen LogP contribution is -2.30. The maximum Gasteiger partial charge on any atom is 0.137 e. The molecule has 3 heteroatoms. The van der Waals surface area contributed by atoms with E-state index in [0.29, 0.717) is 10.9 Å². The highest BCUT2D eigenvalue weighted by molar-refractivity contribution is 6.32. The zero-order valence-corrected chi connectivity index (χ0v) is 11.1. The molecule has 1 fully saturated rings. The molecule has 0 aromatic heterocycles. The summed E-state index contributed by atoms with van der Waals surface area (Å²) >= 11 is 6.05. The summed E-state index contributed by atoms with van der Waals surface area (Å²) in [5.41, 5.74) is 2.20. The fraction of sp³-hybridized carbons (Fsp3) is 0.571. The van der Waals surface area contributed by atoms with E-state index in [4.69, 9.17) is 11.6 Å². The molecule has 1 atom stereocenters. The number of nitrogens with one attached hydrogen (secondary N) is 1.